The van der Waals surface area contributed by atoms with E-state index in [-0.39, 0.29) is 16.8 Å². The maximum absolute atomic E-state index is 13.8. The van der Waals surface area contributed by atoms with Gasteiger partial charge in [0, 0.05) is 22.7 Å². The summed E-state index contributed by atoms with van der Waals surface area (Å²) in [6, 6.07) is 17.5. The number of hydrogen-bond donors (Lipinski definition) is 0. The number of halogens is 1. The third-order valence-corrected chi connectivity index (χ3v) is 6.51. The highest BCUT2D eigenvalue weighted by Gasteiger charge is 2.47. The maximum Gasteiger partial charge on any atom is 0.331 e. The van der Waals surface area contributed by atoms with Gasteiger partial charge in [0.25, 0.3) is 11.6 Å². The summed E-state index contributed by atoms with van der Waals surface area (Å²) in [5.41, 5.74) is 3.60. The predicted molar refractivity (Wildman–Crippen MR) is 136 cm³/mol. The quantitative estimate of drug-likeness (QED) is 0.307. The van der Waals surface area contributed by atoms with E-state index in [1.807, 2.05) is 38.1 Å². The normalized spacial score (nSPS) is 13.7. The van der Waals surface area contributed by atoms with Crippen molar-refractivity contribution >= 4 is 40.4 Å². The van der Waals surface area contributed by atoms with Crippen LogP contribution in [-0.4, -0.2) is 21.6 Å². The van der Waals surface area contributed by atoms with Gasteiger partial charge in [-0.05, 0) is 68.1 Å². The average molecular weight is 499 g/mol. The van der Waals surface area contributed by atoms with E-state index < -0.39 is 17.7 Å². The summed E-state index contributed by atoms with van der Waals surface area (Å²) < 4.78 is 2.82. The van der Waals surface area contributed by atoms with Crippen LogP contribution in [0.3, 0.4) is 0 Å². The molecule has 1 aliphatic rings. The van der Waals surface area contributed by atoms with E-state index in [9.17, 15) is 14.7 Å². The van der Waals surface area contributed by atoms with E-state index >= 15 is 0 Å². The minimum Gasteiger partial charge on any atom is -0.858 e. The highest BCUT2D eigenvalue weighted by molar-refractivity contribution is 6.53. The molecule has 1 aliphatic heterocycles. The first-order valence-electron chi connectivity index (χ1n) is 11.5. The van der Waals surface area contributed by atoms with Gasteiger partial charge in [-0.1, -0.05) is 36.2 Å². The molecule has 0 spiro atoms. The molecule has 2 amide bonds. The summed E-state index contributed by atoms with van der Waals surface area (Å²) in [6.45, 7) is 5.62. The van der Waals surface area contributed by atoms with E-state index in [0.29, 0.717) is 22.1 Å². The van der Waals surface area contributed by atoms with Crippen LogP contribution in [0.1, 0.15) is 29.3 Å². The van der Waals surface area contributed by atoms with Gasteiger partial charge < -0.3 is 5.11 Å². The van der Waals surface area contributed by atoms with Crippen LogP contribution in [0, 0.1) is 13.8 Å². The fourth-order valence-corrected chi connectivity index (χ4v) is 4.43. The molecule has 4 aromatic rings. The first-order chi connectivity index (χ1) is 17.3. The van der Waals surface area contributed by atoms with E-state index in [4.69, 9.17) is 11.6 Å². The molecule has 180 valence electrons. The molecule has 5 rings (SSSR count). The molecule has 8 heteroatoms. The Balaban J connectivity index is 1.72. The molecule has 0 bridgehead atoms. The van der Waals surface area contributed by atoms with Gasteiger partial charge >= 0.3 is 5.91 Å². The Hall–Kier alpha value is -4.23. The summed E-state index contributed by atoms with van der Waals surface area (Å²) in [5, 5.41) is 18.6. The largest absolute Gasteiger partial charge is 0.858 e. The Morgan fingerprint density at radius 1 is 0.889 bits per heavy atom. The number of anilines is 1. The Labute approximate surface area is 213 Å². The van der Waals surface area contributed by atoms with Crippen LogP contribution >= 0.6 is 11.6 Å². The van der Waals surface area contributed by atoms with Crippen molar-refractivity contribution in [1.29, 1.82) is 0 Å². The van der Waals surface area contributed by atoms with E-state index in [1.54, 1.807) is 60.3 Å². The SMILES string of the molecule is CCc1cc[n+](C2=C(c3c(C)nn(-c4ccc(Cl)cc4)c3[O-])C(=O)N(c3ccc(C)cc3)C2=O)cc1. The van der Waals surface area contributed by atoms with Gasteiger partial charge in [-0.2, -0.15) is 9.67 Å². The molecule has 0 saturated carbocycles. The summed E-state index contributed by atoms with van der Waals surface area (Å²) >= 11 is 6.00. The molecule has 7 nitrogen and oxygen atoms in total. The fraction of sp³-hybridized carbons (Fsp3) is 0.143. The number of imide groups is 1. The third-order valence-electron chi connectivity index (χ3n) is 6.26. The highest BCUT2D eigenvalue weighted by Crippen LogP contribution is 2.38. The number of carbonyl (C=O) groups is 2. The van der Waals surface area contributed by atoms with E-state index in [1.165, 1.54) is 4.68 Å². The first-order valence-corrected chi connectivity index (χ1v) is 11.9. The molecule has 2 aromatic carbocycles. The lowest BCUT2D eigenvalue weighted by molar-refractivity contribution is -0.576. The highest BCUT2D eigenvalue weighted by atomic mass is 35.5. The minimum absolute atomic E-state index is 0.0255. The Morgan fingerprint density at radius 2 is 1.50 bits per heavy atom. The fourth-order valence-electron chi connectivity index (χ4n) is 4.30. The minimum atomic E-state index is -0.568. The number of benzene rings is 2. The van der Waals surface area contributed by atoms with Crippen molar-refractivity contribution in [3.8, 4) is 11.6 Å². The van der Waals surface area contributed by atoms with Crippen LogP contribution in [0.4, 0.5) is 5.69 Å². The number of hydrogen-bond acceptors (Lipinski definition) is 4. The predicted octanol–water partition coefficient (Wildman–Crippen LogP) is 4.01. The smallest absolute Gasteiger partial charge is 0.331 e. The molecule has 0 atom stereocenters. The van der Waals surface area contributed by atoms with Crippen molar-refractivity contribution in [1.82, 2.24) is 9.78 Å². The molecule has 3 heterocycles. The second-order valence-electron chi connectivity index (χ2n) is 8.63. The number of aryl methyl sites for hydroxylation is 3. The van der Waals surface area contributed by atoms with Crippen molar-refractivity contribution in [2.75, 3.05) is 4.90 Å². The van der Waals surface area contributed by atoms with Gasteiger partial charge in [-0.3, -0.25) is 9.59 Å². The van der Waals surface area contributed by atoms with Crippen LogP contribution in [-0.2, 0) is 16.0 Å². The molecule has 0 saturated heterocycles. The summed E-state index contributed by atoms with van der Waals surface area (Å²) in [6.07, 6.45) is 4.30. The second kappa shape index (κ2) is 9.09. The van der Waals surface area contributed by atoms with Gasteiger partial charge in [-0.25, -0.2) is 9.58 Å². The zero-order valence-electron chi connectivity index (χ0n) is 20.0. The average Bonchev–Trinajstić information content (AvgIpc) is 3.31. The van der Waals surface area contributed by atoms with Crippen molar-refractivity contribution in [3.63, 3.8) is 0 Å². The van der Waals surface area contributed by atoms with Gasteiger partial charge in [-0.15, -0.1) is 0 Å². The van der Waals surface area contributed by atoms with Gasteiger partial charge in [0.1, 0.15) is 5.57 Å². The lowest BCUT2D eigenvalue weighted by Gasteiger charge is -2.15. The number of rotatable bonds is 5. The summed E-state index contributed by atoms with van der Waals surface area (Å²) in [7, 11) is 0. The van der Waals surface area contributed by atoms with Crippen molar-refractivity contribution in [3.05, 3.63) is 100 Å². The molecule has 2 aromatic heterocycles. The molecule has 36 heavy (non-hydrogen) atoms. The Kier molecular flexibility index (Phi) is 5.94. The standard InChI is InChI=1S/C28H23ClN4O3/c1-4-19-13-15-31(16-14-19)25-24(26(34)32(28(25)36)21-9-5-17(2)6-10-21)23-18(3)30-33(27(23)35)22-11-7-20(29)8-12-22/h5-16H,4H2,1-3H3. The molecule has 0 unspecified atom stereocenters. The van der Waals surface area contributed by atoms with Crippen LogP contribution < -0.4 is 14.6 Å². The van der Waals surface area contributed by atoms with Gasteiger partial charge in [0.2, 0.25) is 0 Å². The zero-order chi connectivity index (χ0) is 25.6. The number of aromatic nitrogens is 3. The zero-order valence-corrected chi connectivity index (χ0v) is 20.8. The van der Waals surface area contributed by atoms with Crippen molar-refractivity contribution in [2.45, 2.75) is 27.2 Å². The molecule has 0 aliphatic carbocycles. The van der Waals surface area contributed by atoms with E-state index in [2.05, 4.69) is 5.10 Å². The molecular formula is C28H23ClN4O3. The number of carbonyl (C=O) groups excluding carboxylic acids is 2. The van der Waals surface area contributed by atoms with Crippen LogP contribution in [0.2, 0.25) is 5.02 Å². The number of pyridine rings is 1. The first kappa shape index (κ1) is 23.5. The van der Waals surface area contributed by atoms with Crippen molar-refractivity contribution in [2.24, 2.45) is 0 Å². The molecule has 0 radical (unpaired) electrons. The van der Waals surface area contributed by atoms with E-state index in [0.717, 1.165) is 22.4 Å². The monoisotopic (exact) mass is 498 g/mol. The van der Waals surface area contributed by atoms with Crippen molar-refractivity contribution < 1.29 is 19.3 Å². The molecule has 0 fully saturated rings. The summed E-state index contributed by atoms with van der Waals surface area (Å²) in [4.78, 5) is 28.7. The maximum atomic E-state index is 13.8. The molecule has 0 N–H and O–H groups in total. The van der Waals surface area contributed by atoms with Gasteiger partial charge in [0.05, 0.1) is 17.1 Å². The van der Waals surface area contributed by atoms with Crippen LogP contribution in [0.5, 0.6) is 5.88 Å². The topological polar surface area (TPSA) is 82.1 Å². The number of amides is 2. The summed E-state index contributed by atoms with van der Waals surface area (Å²) in [5.74, 6) is -1.56. The third kappa shape index (κ3) is 3.87. The molecular weight excluding hydrogens is 476 g/mol. The number of nitrogens with zero attached hydrogens (tertiary/aromatic N) is 4. The second-order valence-corrected chi connectivity index (χ2v) is 9.06. The van der Waals surface area contributed by atoms with Crippen LogP contribution in [0.15, 0.2) is 73.1 Å². The Morgan fingerprint density at radius 3 is 2.11 bits per heavy atom. The lowest BCUT2D eigenvalue weighted by Crippen LogP contribution is -2.39. The Bertz CT molecular complexity index is 1520. The lowest BCUT2D eigenvalue weighted by atomic mass is 10.0. The van der Waals surface area contributed by atoms with Crippen LogP contribution in [0.25, 0.3) is 17.0 Å². The van der Waals surface area contributed by atoms with Gasteiger partial charge in [0.15, 0.2) is 12.4 Å².